The maximum absolute atomic E-state index is 12.5. The summed E-state index contributed by atoms with van der Waals surface area (Å²) in [6, 6.07) is 22.5. The van der Waals surface area contributed by atoms with Crippen LogP contribution in [0, 0.1) is 0 Å². The van der Waals surface area contributed by atoms with Crippen LogP contribution >= 0.6 is 0 Å². The van der Waals surface area contributed by atoms with Crippen molar-refractivity contribution in [3.8, 4) is 22.6 Å². The Morgan fingerprint density at radius 3 is 1.77 bits per heavy atom. The van der Waals surface area contributed by atoms with Crippen LogP contribution in [0.1, 0.15) is 20.7 Å². The van der Waals surface area contributed by atoms with Gasteiger partial charge in [0.25, 0.3) is 11.8 Å². The van der Waals surface area contributed by atoms with Crippen molar-refractivity contribution in [1.82, 2.24) is 10.6 Å². The Balaban J connectivity index is 1.52. The lowest BCUT2D eigenvalue weighted by atomic mass is 10.0. The van der Waals surface area contributed by atoms with Crippen LogP contribution in [0.3, 0.4) is 0 Å². The molecule has 0 aromatic heterocycles. The van der Waals surface area contributed by atoms with E-state index in [1.807, 2.05) is 42.5 Å². The highest BCUT2D eigenvalue weighted by Gasteiger charge is 2.17. The fraction of sp³-hybridized carbons (Fsp3) is 0.167. The first-order valence-electron chi connectivity index (χ1n) is 9.57. The lowest BCUT2D eigenvalue weighted by Crippen LogP contribution is -2.35. The van der Waals surface area contributed by atoms with Gasteiger partial charge in [-0.3, -0.25) is 9.59 Å². The zero-order chi connectivity index (χ0) is 21.3. The van der Waals surface area contributed by atoms with E-state index >= 15 is 0 Å². The summed E-state index contributed by atoms with van der Waals surface area (Å²) in [7, 11) is 2.99. The van der Waals surface area contributed by atoms with Gasteiger partial charge in [-0.1, -0.05) is 48.5 Å². The Hall–Kier alpha value is -3.80. The molecule has 0 aliphatic heterocycles. The van der Waals surface area contributed by atoms with Crippen molar-refractivity contribution in [3.05, 3.63) is 83.9 Å². The van der Waals surface area contributed by atoms with Gasteiger partial charge in [0, 0.05) is 18.7 Å². The number of benzene rings is 3. The summed E-state index contributed by atoms with van der Waals surface area (Å²) in [6.07, 6.45) is 0. The van der Waals surface area contributed by atoms with E-state index in [2.05, 4.69) is 10.6 Å². The molecule has 0 aliphatic carbocycles. The lowest BCUT2D eigenvalue weighted by molar-refractivity contribution is 0.0924. The molecule has 0 spiro atoms. The number of hydrogen-bond acceptors (Lipinski definition) is 4. The number of carbonyl (C=O) groups excluding carboxylic acids is 2. The van der Waals surface area contributed by atoms with Crippen LogP contribution in [0.5, 0.6) is 11.5 Å². The number of ether oxygens (including phenoxy) is 2. The highest BCUT2D eigenvalue weighted by atomic mass is 16.5. The van der Waals surface area contributed by atoms with Crippen LogP contribution < -0.4 is 20.1 Å². The Bertz CT molecular complexity index is 979. The first-order valence-corrected chi connectivity index (χ1v) is 9.57. The molecule has 3 aromatic rings. The molecule has 0 saturated heterocycles. The molecular formula is C24H24N2O4. The summed E-state index contributed by atoms with van der Waals surface area (Å²) < 4.78 is 10.5. The minimum absolute atomic E-state index is 0.196. The molecule has 30 heavy (non-hydrogen) atoms. The zero-order valence-electron chi connectivity index (χ0n) is 17.0. The fourth-order valence-corrected chi connectivity index (χ4v) is 3.06. The molecule has 2 N–H and O–H groups in total. The van der Waals surface area contributed by atoms with E-state index in [-0.39, 0.29) is 18.4 Å². The van der Waals surface area contributed by atoms with Crippen LogP contribution in [0.15, 0.2) is 72.8 Å². The van der Waals surface area contributed by atoms with Gasteiger partial charge in [0.2, 0.25) is 0 Å². The third-order valence-electron chi connectivity index (χ3n) is 4.61. The number of amides is 2. The van der Waals surface area contributed by atoms with Crippen molar-refractivity contribution in [2.75, 3.05) is 27.3 Å². The van der Waals surface area contributed by atoms with Gasteiger partial charge in [-0.2, -0.15) is 0 Å². The first kappa shape index (κ1) is 20.9. The molecule has 3 aromatic carbocycles. The van der Waals surface area contributed by atoms with Gasteiger partial charge < -0.3 is 20.1 Å². The Kier molecular flexibility index (Phi) is 7.05. The molecule has 0 aliphatic rings. The molecule has 0 heterocycles. The van der Waals surface area contributed by atoms with Crippen LogP contribution in [-0.4, -0.2) is 39.1 Å². The van der Waals surface area contributed by atoms with Gasteiger partial charge in [0.15, 0.2) is 0 Å². The molecule has 2 amide bonds. The van der Waals surface area contributed by atoms with Crippen LogP contribution in [0.2, 0.25) is 0 Å². The molecular weight excluding hydrogens is 380 g/mol. The topological polar surface area (TPSA) is 76.7 Å². The summed E-state index contributed by atoms with van der Waals surface area (Å²) in [5, 5.41) is 5.58. The van der Waals surface area contributed by atoms with Crippen molar-refractivity contribution in [2.24, 2.45) is 0 Å². The summed E-state index contributed by atoms with van der Waals surface area (Å²) in [6.45, 7) is 0.566. The Labute approximate surface area is 175 Å². The largest absolute Gasteiger partial charge is 0.496 e. The number of hydrogen-bond donors (Lipinski definition) is 2. The van der Waals surface area contributed by atoms with Gasteiger partial charge in [0.1, 0.15) is 17.1 Å². The predicted octanol–water partition coefficient (Wildman–Crippen LogP) is 3.53. The standard InChI is InChI=1S/C24H24N2O4/c1-29-20-9-6-10-21(30-2)22(20)24(28)26-16-15-25-23(27)19-13-11-18(12-14-19)17-7-4-3-5-8-17/h3-14H,15-16H2,1-2H3,(H,25,27)(H,26,28). The molecule has 3 rings (SSSR count). The van der Waals surface area contributed by atoms with Gasteiger partial charge >= 0.3 is 0 Å². The average molecular weight is 404 g/mol. The maximum Gasteiger partial charge on any atom is 0.258 e. The van der Waals surface area contributed by atoms with E-state index < -0.39 is 0 Å². The Morgan fingerprint density at radius 1 is 0.667 bits per heavy atom. The van der Waals surface area contributed by atoms with E-state index in [9.17, 15) is 9.59 Å². The van der Waals surface area contributed by atoms with E-state index in [0.29, 0.717) is 29.2 Å². The fourth-order valence-electron chi connectivity index (χ4n) is 3.06. The monoisotopic (exact) mass is 404 g/mol. The van der Waals surface area contributed by atoms with Crippen LogP contribution in [-0.2, 0) is 0 Å². The number of carbonyl (C=O) groups is 2. The second-order valence-corrected chi connectivity index (χ2v) is 6.49. The Morgan fingerprint density at radius 2 is 1.20 bits per heavy atom. The third kappa shape index (κ3) is 4.97. The van der Waals surface area contributed by atoms with Crippen molar-refractivity contribution in [3.63, 3.8) is 0 Å². The van der Waals surface area contributed by atoms with Gasteiger partial charge in [-0.25, -0.2) is 0 Å². The van der Waals surface area contributed by atoms with Crippen molar-refractivity contribution in [2.45, 2.75) is 0 Å². The summed E-state index contributed by atoms with van der Waals surface area (Å²) in [5.41, 5.74) is 3.03. The van der Waals surface area contributed by atoms with E-state index in [1.165, 1.54) is 14.2 Å². The minimum atomic E-state index is -0.328. The number of rotatable bonds is 8. The van der Waals surface area contributed by atoms with E-state index in [1.54, 1.807) is 30.3 Å². The molecule has 0 atom stereocenters. The average Bonchev–Trinajstić information content (AvgIpc) is 2.81. The molecule has 0 radical (unpaired) electrons. The number of nitrogens with one attached hydrogen (secondary N) is 2. The van der Waals surface area contributed by atoms with E-state index in [4.69, 9.17) is 9.47 Å². The predicted molar refractivity (Wildman–Crippen MR) is 116 cm³/mol. The quantitative estimate of drug-likeness (QED) is 0.563. The summed E-state index contributed by atoms with van der Waals surface area (Å²) in [5.74, 6) is 0.327. The molecule has 0 unspecified atom stereocenters. The SMILES string of the molecule is COc1cccc(OC)c1C(=O)NCCNC(=O)c1ccc(-c2ccccc2)cc1. The molecule has 154 valence electrons. The molecule has 0 saturated carbocycles. The lowest BCUT2D eigenvalue weighted by Gasteiger charge is -2.13. The van der Waals surface area contributed by atoms with Gasteiger partial charge in [0.05, 0.1) is 14.2 Å². The minimum Gasteiger partial charge on any atom is -0.496 e. The van der Waals surface area contributed by atoms with Crippen molar-refractivity contribution >= 4 is 11.8 Å². The van der Waals surface area contributed by atoms with E-state index in [0.717, 1.165) is 11.1 Å². The van der Waals surface area contributed by atoms with Crippen LogP contribution in [0.4, 0.5) is 0 Å². The zero-order valence-corrected chi connectivity index (χ0v) is 17.0. The van der Waals surface area contributed by atoms with Gasteiger partial charge in [-0.15, -0.1) is 0 Å². The molecule has 0 bridgehead atoms. The molecule has 0 fully saturated rings. The van der Waals surface area contributed by atoms with Crippen molar-refractivity contribution in [1.29, 1.82) is 0 Å². The third-order valence-corrected chi connectivity index (χ3v) is 4.61. The van der Waals surface area contributed by atoms with Crippen molar-refractivity contribution < 1.29 is 19.1 Å². The maximum atomic E-state index is 12.5. The smallest absolute Gasteiger partial charge is 0.258 e. The van der Waals surface area contributed by atoms with Crippen LogP contribution in [0.25, 0.3) is 11.1 Å². The number of methoxy groups -OCH3 is 2. The highest BCUT2D eigenvalue weighted by Crippen LogP contribution is 2.27. The first-order chi connectivity index (χ1) is 14.6. The summed E-state index contributed by atoms with van der Waals surface area (Å²) >= 11 is 0. The molecule has 6 nitrogen and oxygen atoms in total. The normalized spacial score (nSPS) is 10.2. The highest BCUT2D eigenvalue weighted by molar-refractivity contribution is 5.99. The molecule has 6 heteroatoms. The second kappa shape index (κ2) is 10.1. The summed E-state index contributed by atoms with van der Waals surface area (Å²) in [4.78, 5) is 24.9. The second-order valence-electron chi connectivity index (χ2n) is 6.49. The van der Waals surface area contributed by atoms with Gasteiger partial charge in [-0.05, 0) is 35.4 Å².